The maximum atomic E-state index is 14.7. The van der Waals surface area contributed by atoms with E-state index in [0.29, 0.717) is 29.0 Å². The van der Waals surface area contributed by atoms with E-state index in [1.807, 2.05) is 0 Å². The Labute approximate surface area is 158 Å². The van der Waals surface area contributed by atoms with Crippen molar-refractivity contribution in [1.29, 1.82) is 0 Å². The van der Waals surface area contributed by atoms with Gasteiger partial charge in [0.15, 0.2) is 5.82 Å². The van der Waals surface area contributed by atoms with Gasteiger partial charge in [0.05, 0.1) is 37.2 Å². The first-order chi connectivity index (χ1) is 12.3. The van der Waals surface area contributed by atoms with E-state index in [9.17, 15) is 12.8 Å². The maximum Gasteiger partial charge on any atom is 0.264 e. The number of hydrogen-bond donors (Lipinski definition) is 0. The molecule has 1 aromatic carbocycles. The second kappa shape index (κ2) is 6.40. The van der Waals surface area contributed by atoms with Gasteiger partial charge in [-0.3, -0.25) is 4.18 Å². The number of ether oxygens (including phenoxy) is 2. The van der Waals surface area contributed by atoms with Gasteiger partial charge in [0.2, 0.25) is 5.88 Å². The van der Waals surface area contributed by atoms with Crippen LogP contribution in [0.4, 0.5) is 4.39 Å². The second-order valence-electron chi connectivity index (χ2n) is 6.88. The summed E-state index contributed by atoms with van der Waals surface area (Å²) in [4.78, 5) is 4.31. The summed E-state index contributed by atoms with van der Waals surface area (Å²) in [5.41, 5.74) is 1.67. The fourth-order valence-corrected chi connectivity index (χ4v) is 4.01. The van der Waals surface area contributed by atoms with Crippen LogP contribution in [0.25, 0.3) is 10.9 Å². The molecule has 1 fully saturated rings. The Morgan fingerprint density at radius 1 is 1.27 bits per heavy atom. The quantitative estimate of drug-likeness (QED) is 0.634. The van der Waals surface area contributed by atoms with Gasteiger partial charge in [0.1, 0.15) is 5.52 Å². The van der Waals surface area contributed by atoms with Gasteiger partial charge in [-0.2, -0.15) is 8.42 Å². The molecule has 1 aromatic heterocycles. The summed E-state index contributed by atoms with van der Waals surface area (Å²) in [5, 5.41) is 0.715. The first-order valence-corrected chi connectivity index (χ1v) is 10.7. The number of nitrogens with zero attached hydrogens (tertiary/aromatic N) is 1. The minimum absolute atomic E-state index is 0.0875. The molecule has 26 heavy (non-hydrogen) atoms. The molecule has 140 valence electrons. The molecule has 0 unspecified atom stereocenters. The Morgan fingerprint density at radius 2 is 2.00 bits per heavy atom. The summed E-state index contributed by atoms with van der Waals surface area (Å²) < 4.78 is 53.4. The van der Waals surface area contributed by atoms with Gasteiger partial charge in [-0.15, -0.1) is 0 Å². The standard InChI is InChI=1S/C17H17BrFNO5S/c1-26(21,22)25-9-17(4-5-17)8-24-13-3-2-10-11-6-23-7-12(11)14(18)15(19)16(10)20-13/h2-3H,4-9H2,1H3. The lowest BCUT2D eigenvalue weighted by atomic mass is 10.0. The summed E-state index contributed by atoms with van der Waals surface area (Å²) in [5.74, 6) is -0.135. The van der Waals surface area contributed by atoms with E-state index < -0.39 is 15.9 Å². The number of fused-ring (bicyclic) bond motifs is 3. The molecule has 0 radical (unpaired) electrons. The van der Waals surface area contributed by atoms with Crippen molar-refractivity contribution in [2.24, 2.45) is 5.41 Å². The van der Waals surface area contributed by atoms with E-state index in [2.05, 4.69) is 20.9 Å². The Kier molecular flexibility index (Phi) is 4.45. The summed E-state index contributed by atoms with van der Waals surface area (Å²) in [6, 6.07) is 3.48. The zero-order chi connectivity index (χ0) is 18.5. The molecule has 2 aromatic rings. The van der Waals surface area contributed by atoms with Crippen LogP contribution >= 0.6 is 15.9 Å². The Balaban J connectivity index is 1.55. The topological polar surface area (TPSA) is 74.7 Å². The van der Waals surface area contributed by atoms with Crippen LogP contribution in [0.2, 0.25) is 0 Å². The molecule has 6 nitrogen and oxygen atoms in total. The number of hydrogen-bond acceptors (Lipinski definition) is 6. The molecular weight excluding hydrogens is 429 g/mol. The molecule has 9 heteroatoms. The van der Waals surface area contributed by atoms with E-state index in [0.717, 1.165) is 30.2 Å². The smallest absolute Gasteiger partial charge is 0.264 e. The molecule has 0 saturated heterocycles. The average molecular weight is 446 g/mol. The van der Waals surface area contributed by atoms with Crippen molar-refractivity contribution >= 4 is 37.0 Å². The van der Waals surface area contributed by atoms with Crippen molar-refractivity contribution in [2.75, 3.05) is 19.5 Å². The molecule has 1 saturated carbocycles. The van der Waals surface area contributed by atoms with E-state index >= 15 is 0 Å². The highest BCUT2D eigenvalue weighted by Gasteiger charge is 2.45. The molecule has 0 N–H and O–H groups in total. The van der Waals surface area contributed by atoms with Crippen LogP contribution in [0.15, 0.2) is 16.6 Å². The van der Waals surface area contributed by atoms with Crippen molar-refractivity contribution in [3.8, 4) is 5.88 Å². The Morgan fingerprint density at radius 3 is 2.69 bits per heavy atom. The Hall–Kier alpha value is -1.29. The lowest BCUT2D eigenvalue weighted by molar-refractivity contribution is 0.134. The van der Waals surface area contributed by atoms with Gasteiger partial charge < -0.3 is 9.47 Å². The zero-order valence-electron chi connectivity index (χ0n) is 14.0. The van der Waals surface area contributed by atoms with Crippen LogP contribution in [0.3, 0.4) is 0 Å². The monoisotopic (exact) mass is 445 g/mol. The number of rotatable bonds is 6. The van der Waals surface area contributed by atoms with E-state index in [4.69, 9.17) is 13.7 Å². The molecule has 1 aliphatic heterocycles. The lowest BCUT2D eigenvalue weighted by Gasteiger charge is -2.16. The van der Waals surface area contributed by atoms with E-state index in [1.165, 1.54) is 0 Å². The molecule has 0 bridgehead atoms. The average Bonchev–Trinajstić information content (AvgIpc) is 3.21. The summed E-state index contributed by atoms with van der Waals surface area (Å²) in [6.07, 6.45) is 2.67. The van der Waals surface area contributed by atoms with Crippen LogP contribution in [-0.4, -0.2) is 32.9 Å². The first kappa shape index (κ1) is 18.1. The van der Waals surface area contributed by atoms with Crippen LogP contribution < -0.4 is 4.74 Å². The van der Waals surface area contributed by atoms with E-state index in [1.54, 1.807) is 12.1 Å². The van der Waals surface area contributed by atoms with Gasteiger partial charge >= 0.3 is 0 Å². The summed E-state index contributed by atoms with van der Waals surface area (Å²) >= 11 is 3.29. The highest BCUT2D eigenvalue weighted by atomic mass is 79.9. The molecule has 4 rings (SSSR count). The van der Waals surface area contributed by atoms with Crippen LogP contribution in [-0.2, 0) is 32.3 Å². The lowest BCUT2D eigenvalue weighted by Crippen LogP contribution is -2.21. The van der Waals surface area contributed by atoms with Crippen molar-refractivity contribution < 1.29 is 26.5 Å². The fourth-order valence-electron chi connectivity index (χ4n) is 3.00. The van der Waals surface area contributed by atoms with Crippen molar-refractivity contribution in [1.82, 2.24) is 4.98 Å². The summed E-state index contributed by atoms with van der Waals surface area (Å²) in [6.45, 7) is 1.17. The predicted octanol–water partition coefficient (Wildman–Crippen LogP) is 3.30. The highest BCUT2D eigenvalue weighted by Crippen LogP contribution is 2.46. The molecular formula is C17H17BrFNO5S. The van der Waals surface area contributed by atoms with Crippen molar-refractivity contribution in [3.63, 3.8) is 0 Å². The molecule has 1 aliphatic carbocycles. The molecule has 2 heterocycles. The number of aromatic nitrogens is 1. The Bertz CT molecular complexity index is 991. The van der Waals surface area contributed by atoms with Gasteiger partial charge in [0, 0.05) is 22.4 Å². The fraction of sp³-hybridized carbons (Fsp3) is 0.471. The minimum atomic E-state index is -3.48. The number of pyridine rings is 1. The SMILES string of the molecule is CS(=O)(=O)OCC1(COc2ccc3c4c(c(Br)c(F)c3n2)COC4)CC1. The second-order valence-corrected chi connectivity index (χ2v) is 9.32. The van der Waals surface area contributed by atoms with Gasteiger partial charge in [0.25, 0.3) is 10.1 Å². The van der Waals surface area contributed by atoms with Crippen LogP contribution in [0.1, 0.15) is 24.0 Å². The third-order valence-electron chi connectivity index (χ3n) is 4.78. The van der Waals surface area contributed by atoms with Gasteiger partial charge in [-0.1, -0.05) is 0 Å². The van der Waals surface area contributed by atoms with E-state index in [-0.39, 0.29) is 24.1 Å². The number of benzene rings is 1. The molecule has 0 atom stereocenters. The predicted molar refractivity (Wildman–Crippen MR) is 95.9 cm³/mol. The van der Waals surface area contributed by atoms with Crippen LogP contribution in [0, 0.1) is 11.2 Å². The third kappa shape index (κ3) is 3.45. The highest BCUT2D eigenvalue weighted by molar-refractivity contribution is 9.10. The molecule has 0 amide bonds. The third-order valence-corrected chi connectivity index (χ3v) is 6.15. The normalized spacial score (nSPS) is 18.1. The molecule has 2 aliphatic rings. The van der Waals surface area contributed by atoms with Gasteiger partial charge in [-0.05, 0) is 40.4 Å². The number of halogens is 2. The van der Waals surface area contributed by atoms with Crippen LogP contribution in [0.5, 0.6) is 5.88 Å². The molecule has 0 spiro atoms. The minimum Gasteiger partial charge on any atom is -0.477 e. The van der Waals surface area contributed by atoms with Gasteiger partial charge in [-0.25, -0.2) is 9.37 Å². The van der Waals surface area contributed by atoms with Crippen molar-refractivity contribution in [3.05, 3.63) is 33.5 Å². The van der Waals surface area contributed by atoms with Crippen molar-refractivity contribution in [2.45, 2.75) is 26.1 Å². The first-order valence-electron chi connectivity index (χ1n) is 8.12. The maximum absolute atomic E-state index is 14.7. The largest absolute Gasteiger partial charge is 0.477 e. The zero-order valence-corrected chi connectivity index (χ0v) is 16.5. The summed E-state index contributed by atoms with van der Waals surface area (Å²) in [7, 11) is -3.48.